The van der Waals surface area contributed by atoms with Crippen LogP contribution in [0, 0.1) is 0 Å². The monoisotopic (exact) mass is 347 g/mol. The first-order valence-electron chi connectivity index (χ1n) is 8.58. The van der Waals surface area contributed by atoms with Crippen LogP contribution in [0.4, 0.5) is 0 Å². The molecule has 0 aliphatic heterocycles. The standard InChI is InChI=1S/C18H25N3O4/c1-4-11-19-16(22)7-6-8-17-20-18(21-25-17)13-9-10-14(23-3)15(12-13)24-5-2/h9-10,12H,4-8,11H2,1-3H3,(H,19,22). The van der Waals surface area contributed by atoms with Crippen LogP contribution in [0.2, 0.25) is 0 Å². The molecule has 0 saturated carbocycles. The van der Waals surface area contributed by atoms with E-state index >= 15 is 0 Å². The lowest BCUT2D eigenvalue weighted by atomic mass is 10.2. The molecule has 2 rings (SSSR count). The molecule has 0 aliphatic carbocycles. The number of aromatic nitrogens is 2. The fourth-order valence-corrected chi connectivity index (χ4v) is 2.31. The minimum atomic E-state index is 0.0538. The van der Waals surface area contributed by atoms with Gasteiger partial charge in [-0.3, -0.25) is 4.79 Å². The summed E-state index contributed by atoms with van der Waals surface area (Å²) in [6.45, 7) is 5.19. The third kappa shape index (κ3) is 5.48. The third-order valence-electron chi connectivity index (χ3n) is 3.56. The first-order valence-corrected chi connectivity index (χ1v) is 8.58. The third-order valence-corrected chi connectivity index (χ3v) is 3.56. The second-order valence-electron chi connectivity index (χ2n) is 5.51. The molecule has 0 unspecified atom stereocenters. The van der Waals surface area contributed by atoms with Crippen molar-refractivity contribution >= 4 is 5.91 Å². The van der Waals surface area contributed by atoms with Crippen molar-refractivity contribution < 1.29 is 18.8 Å². The van der Waals surface area contributed by atoms with Gasteiger partial charge in [-0.15, -0.1) is 0 Å². The number of hydrogen-bond donors (Lipinski definition) is 1. The van der Waals surface area contributed by atoms with Crippen molar-refractivity contribution in [3.63, 3.8) is 0 Å². The van der Waals surface area contributed by atoms with E-state index in [1.807, 2.05) is 32.0 Å². The summed E-state index contributed by atoms with van der Waals surface area (Å²) in [5, 5.41) is 6.85. The van der Waals surface area contributed by atoms with Crippen LogP contribution in [0.1, 0.15) is 39.0 Å². The minimum absolute atomic E-state index is 0.0538. The summed E-state index contributed by atoms with van der Waals surface area (Å²) in [4.78, 5) is 16.0. The van der Waals surface area contributed by atoms with E-state index in [-0.39, 0.29) is 5.91 Å². The van der Waals surface area contributed by atoms with E-state index < -0.39 is 0 Å². The Kier molecular flexibility index (Phi) is 7.25. The lowest BCUT2D eigenvalue weighted by Crippen LogP contribution is -2.23. The highest BCUT2D eigenvalue weighted by molar-refractivity contribution is 5.75. The SMILES string of the molecule is CCCNC(=O)CCCc1nc(-c2ccc(OC)c(OCC)c2)no1. The molecule has 2 aromatic rings. The summed E-state index contributed by atoms with van der Waals surface area (Å²) < 4.78 is 16.1. The average molecular weight is 347 g/mol. The number of aryl methyl sites for hydroxylation is 1. The van der Waals surface area contributed by atoms with E-state index in [4.69, 9.17) is 14.0 Å². The first-order chi connectivity index (χ1) is 12.2. The number of amides is 1. The van der Waals surface area contributed by atoms with Gasteiger partial charge in [0.25, 0.3) is 0 Å². The normalized spacial score (nSPS) is 10.5. The molecule has 25 heavy (non-hydrogen) atoms. The number of hydrogen-bond acceptors (Lipinski definition) is 6. The fraction of sp³-hybridized carbons (Fsp3) is 0.500. The molecule has 0 saturated heterocycles. The molecule has 7 nitrogen and oxygen atoms in total. The van der Waals surface area contributed by atoms with E-state index in [9.17, 15) is 4.79 Å². The van der Waals surface area contributed by atoms with Crippen molar-refractivity contribution in [2.24, 2.45) is 0 Å². The minimum Gasteiger partial charge on any atom is -0.493 e. The highest BCUT2D eigenvalue weighted by Gasteiger charge is 2.12. The van der Waals surface area contributed by atoms with Gasteiger partial charge in [0.1, 0.15) is 0 Å². The average Bonchev–Trinajstić information content (AvgIpc) is 3.09. The fourth-order valence-electron chi connectivity index (χ4n) is 2.31. The Hall–Kier alpha value is -2.57. The van der Waals surface area contributed by atoms with Crippen molar-refractivity contribution in [2.45, 2.75) is 39.5 Å². The number of carbonyl (C=O) groups is 1. The Morgan fingerprint density at radius 3 is 2.84 bits per heavy atom. The lowest BCUT2D eigenvalue weighted by Gasteiger charge is -2.09. The van der Waals surface area contributed by atoms with Gasteiger partial charge in [-0.25, -0.2) is 0 Å². The molecule has 1 aromatic heterocycles. The molecule has 136 valence electrons. The molecular weight excluding hydrogens is 322 g/mol. The van der Waals surface area contributed by atoms with Gasteiger partial charge in [-0.1, -0.05) is 12.1 Å². The largest absolute Gasteiger partial charge is 0.493 e. The van der Waals surface area contributed by atoms with Crippen molar-refractivity contribution in [1.29, 1.82) is 0 Å². The predicted molar refractivity (Wildman–Crippen MR) is 93.7 cm³/mol. The Morgan fingerprint density at radius 1 is 1.28 bits per heavy atom. The summed E-state index contributed by atoms with van der Waals surface area (Å²) in [6.07, 6.45) is 2.63. The second-order valence-corrected chi connectivity index (χ2v) is 5.51. The molecule has 1 aromatic carbocycles. The predicted octanol–water partition coefficient (Wildman–Crippen LogP) is 2.99. The van der Waals surface area contributed by atoms with Gasteiger partial charge in [-0.2, -0.15) is 4.98 Å². The van der Waals surface area contributed by atoms with Gasteiger partial charge in [0.15, 0.2) is 11.5 Å². The number of benzene rings is 1. The maximum atomic E-state index is 11.6. The molecule has 7 heteroatoms. The van der Waals surface area contributed by atoms with Crippen molar-refractivity contribution in [1.82, 2.24) is 15.5 Å². The van der Waals surface area contributed by atoms with Crippen LogP contribution in [0.25, 0.3) is 11.4 Å². The van der Waals surface area contributed by atoms with Crippen molar-refractivity contribution in [3.05, 3.63) is 24.1 Å². The van der Waals surface area contributed by atoms with E-state index in [0.29, 0.717) is 55.6 Å². The van der Waals surface area contributed by atoms with E-state index in [2.05, 4.69) is 15.5 Å². The van der Waals surface area contributed by atoms with E-state index in [1.165, 1.54) is 0 Å². The van der Waals surface area contributed by atoms with Crippen LogP contribution in [-0.2, 0) is 11.2 Å². The summed E-state index contributed by atoms with van der Waals surface area (Å²) in [6, 6.07) is 5.50. The quantitative estimate of drug-likeness (QED) is 0.711. The zero-order valence-electron chi connectivity index (χ0n) is 15.0. The van der Waals surface area contributed by atoms with Gasteiger partial charge < -0.3 is 19.3 Å². The van der Waals surface area contributed by atoms with Crippen LogP contribution >= 0.6 is 0 Å². The van der Waals surface area contributed by atoms with Crippen LogP contribution in [0.5, 0.6) is 11.5 Å². The summed E-state index contributed by atoms with van der Waals surface area (Å²) in [7, 11) is 1.60. The van der Waals surface area contributed by atoms with E-state index in [0.717, 1.165) is 12.0 Å². The van der Waals surface area contributed by atoms with Gasteiger partial charge in [-0.05, 0) is 38.0 Å². The highest BCUT2D eigenvalue weighted by Crippen LogP contribution is 2.31. The van der Waals surface area contributed by atoms with Crippen LogP contribution in [0.15, 0.2) is 22.7 Å². The second kappa shape index (κ2) is 9.66. The van der Waals surface area contributed by atoms with Crippen LogP contribution < -0.4 is 14.8 Å². The Morgan fingerprint density at radius 2 is 2.12 bits per heavy atom. The van der Waals surface area contributed by atoms with Crippen molar-refractivity contribution in [2.75, 3.05) is 20.3 Å². The Labute approximate surface area is 147 Å². The Balaban J connectivity index is 1.96. The molecule has 1 heterocycles. The molecule has 0 radical (unpaired) electrons. The topological polar surface area (TPSA) is 86.5 Å². The van der Waals surface area contributed by atoms with Crippen molar-refractivity contribution in [3.8, 4) is 22.9 Å². The molecular formula is C18H25N3O4. The number of nitrogens with zero attached hydrogens (tertiary/aromatic N) is 2. The highest BCUT2D eigenvalue weighted by atomic mass is 16.5. The zero-order valence-corrected chi connectivity index (χ0v) is 15.0. The number of ether oxygens (including phenoxy) is 2. The van der Waals surface area contributed by atoms with E-state index in [1.54, 1.807) is 7.11 Å². The molecule has 0 spiro atoms. The number of methoxy groups -OCH3 is 1. The summed E-state index contributed by atoms with van der Waals surface area (Å²) in [5.41, 5.74) is 0.792. The number of nitrogens with one attached hydrogen (secondary N) is 1. The maximum absolute atomic E-state index is 11.6. The number of carbonyl (C=O) groups excluding carboxylic acids is 1. The smallest absolute Gasteiger partial charge is 0.226 e. The van der Waals surface area contributed by atoms with Gasteiger partial charge >= 0.3 is 0 Å². The summed E-state index contributed by atoms with van der Waals surface area (Å²) >= 11 is 0. The molecule has 0 fully saturated rings. The number of rotatable bonds is 10. The molecule has 1 N–H and O–H groups in total. The van der Waals surface area contributed by atoms with Gasteiger partial charge in [0, 0.05) is 24.9 Å². The van der Waals surface area contributed by atoms with Crippen LogP contribution in [0.3, 0.4) is 0 Å². The first kappa shape index (κ1) is 18.8. The lowest BCUT2D eigenvalue weighted by molar-refractivity contribution is -0.121. The van der Waals surface area contributed by atoms with Gasteiger partial charge in [0.05, 0.1) is 13.7 Å². The molecule has 1 amide bonds. The van der Waals surface area contributed by atoms with Gasteiger partial charge in [0.2, 0.25) is 17.6 Å². The molecule has 0 bridgehead atoms. The molecule has 0 atom stereocenters. The zero-order chi connectivity index (χ0) is 18.1. The van der Waals surface area contributed by atoms with Crippen LogP contribution in [-0.4, -0.2) is 36.3 Å². The summed E-state index contributed by atoms with van der Waals surface area (Å²) in [5.74, 6) is 2.37. The molecule has 0 aliphatic rings. The Bertz CT molecular complexity index is 685. The maximum Gasteiger partial charge on any atom is 0.226 e.